The van der Waals surface area contributed by atoms with Crippen molar-refractivity contribution >= 4 is 5.78 Å². The number of carbonyl (C=O) groups is 1. The van der Waals surface area contributed by atoms with Crippen molar-refractivity contribution in [2.24, 2.45) is 11.8 Å². The first kappa shape index (κ1) is 17.6. The largest absolute Gasteiger partial charge is 0.292 e. The fourth-order valence-electron chi connectivity index (χ4n) is 4.00. The highest BCUT2D eigenvalue weighted by Crippen LogP contribution is 2.37. The number of hydrogen-bond acceptors (Lipinski definition) is 2. The van der Waals surface area contributed by atoms with E-state index >= 15 is 0 Å². The summed E-state index contributed by atoms with van der Waals surface area (Å²) >= 11 is 0. The molecule has 1 heterocycles. The number of likely N-dealkylation sites (tertiary alicyclic amines) is 1. The van der Waals surface area contributed by atoms with Crippen LogP contribution in [0.2, 0.25) is 0 Å². The fourth-order valence-corrected chi connectivity index (χ4v) is 4.00. The van der Waals surface area contributed by atoms with Crippen LogP contribution in [0.1, 0.15) is 36.2 Å². The van der Waals surface area contributed by atoms with Crippen molar-refractivity contribution in [3.8, 4) is 0 Å². The van der Waals surface area contributed by atoms with Crippen LogP contribution in [0.5, 0.6) is 0 Å². The van der Waals surface area contributed by atoms with Gasteiger partial charge in [-0.3, -0.25) is 9.69 Å². The van der Waals surface area contributed by atoms with E-state index in [1.54, 1.807) is 0 Å². The van der Waals surface area contributed by atoms with Crippen LogP contribution in [0.15, 0.2) is 73.3 Å². The van der Waals surface area contributed by atoms with Gasteiger partial charge in [-0.25, -0.2) is 0 Å². The van der Waals surface area contributed by atoms with Gasteiger partial charge in [0.05, 0.1) is 6.04 Å². The smallest absolute Gasteiger partial charge is 0.180 e. The predicted octanol–water partition coefficient (Wildman–Crippen LogP) is 4.97. The fraction of sp³-hybridized carbons (Fsp3) is 0.348. The third kappa shape index (κ3) is 3.74. The second kappa shape index (κ2) is 7.79. The van der Waals surface area contributed by atoms with Gasteiger partial charge in [0, 0.05) is 24.1 Å². The minimum Gasteiger partial charge on any atom is -0.292 e. The van der Waals surface area contributed by atoms with Crippen LogP contribution in [-0.4, -0.2) is 22.8 Å². The number of benzene rings is 2. The average Bonchev–Trinajstić information content (AvgIpc) is 3.01. The summed E-state index contributed by atoms with van der Waals surface area (Å²) in [7, 11) is 0. The monoisotopic (exact) mass is 333 g/mol. The Morgan fingerprint density at radius 2 is 1.72 bits per heavy atom. The number of hydrogen-bond donors (Lipinski definition) is 0. The van der Waals surface area contributed by atoms with Gasteiger partial charge < -0.3 is 0 Å². The predicted molar refractivity (Wildman–Crippen MR) is 103 cm³/mol. The summed E-state index contributed by atoms with van der Waals surface area (Å²) in [6, 6.07) is 20.4. The second-order valence-electron chi connectivity index (χ2n) is 7.28. The number of carbonyl (C=O) groups excluding carboxylic acids is 1. The molecule has 1 fully saturated rings. The van der Waals surface area contributed by atoms with E-state index in [1.165, 1.54) is 5.56 Å². The summed E-state index contributed by atoms with van der Waals surface area (Å²) < 4.78 is 0. The molecule has 1 aliphatic heterocycles. The molecule has 0 radical (unpaired) electrons. The Morgan fingerprint density at radius 3 is 2.28 bits per heavy atom. The Morgan fingerprint density at radius 1 is 1.12 bits per heavy atom. The van der Waals surface area contributed by atoms with Gasteiger partial charge in [0.1, 0.15) is 0 Å². The van der Waals surface area contributed by atoms with Crippen molar-refractivity contribution in [1.82, 2.24) is 4.90 Å². The number of Topliss-reactive ketones (excluding diaryl/α,β-unsaturated/α-hetero) is 1. The summed E-state index contributed by atoms with van der Waals surface area (Å²) in [6.07, 6.45) is 2.98. The van der Waals surface area contributed by atoms with Crippen LogP contribution in [-0.2, 0) is 6.54 Å². The Bertz CT molecular complexity index is 707. The lowest BCUT2D eigenvalue weighted by Crippen LogP contribution is -2.43. The van der Waals surface area contributed by atoms with Crippen LogP contribution in [0.25, 0.3) is 0 Å². The summed E-state index contributed by atoms with van der Waals surface area (Å²) in [4.78, 5) is 15.7. The zero-order valence-electron chi connectivity index (χ0n) is 15.1. The lowest BCUT2D eigenvalue weighted by Gasteiger charge is -2.32. The minimum atomic E-state index is -0.132. The van der Waals surface area contributed by atoms with Crippen molar-refractivity contribution in [1.29, 1.82) is 0 Å². The number of ketones is 1. The van der Waals surface area contributed by atoms with Crippen LogP contribution < -0.4 is 0 Å². The molecule has 2 aromatic rings. The van der Waals surface area contributed by atoms with E-state index in [1.807, 2.05) is 42.5 Å². The molecule has 0 N–H and O–H groups in total. The van der Waals surface area contributed by atoms with E-state index in [2.05, 4.69) is 49.6 Å². The standard InChI is InChI=1S/C23H27NO/c1-4-19-15-21(17(2)3)24(16-18-11-7-5-8-12-18)22(19)23(25)20-13-9-6-10-14-20/h4-14,17,19,21-22H,1,15-16H2,2-3H3/t19-,21-,22-/m1/s1. The Kier molecular flexibility index (Phi) is 5.50. The highest BCUT2D eigenvalue weighted by molar-refractivity contribution is 6.00. The van der Waals surface area contributed by atoms with Gasteiger partial charge in [0.2, 0.25) is 0 Å². The van der Waals surface area contributed by atoms with Crippen molar-refractivity contribution in [3.63, 3.8) is 0 Å². The lowest BCUT2D eigenvalue weighted by atomic mass is 9.91. The molecule has 3 atom stereocenters. The van der Waals surface area contributed by atoms with Crippen LogP contribution in [0, 0.1) is 11.8 Å². The molecule has 2 aromatic carbocycles. The van der Waals surface area contributed by atoms with Gasteiger partial charge in [-0.1, -0.05) is 80.6 Å². The van der Waals surface area contributed by atoms with E-state index in [0.29, 0.717) is 12.0 Å². The zero-order chi connectivity index (χ0) is 17.8. The summed E-state index contributed by atoms with van der Waals surface area (Å²) in [6.45, 7) is 9.32. The molecule has 0 aromatic heterocycles. The van der Waals surface area contributed by atoms with Gasteiger partial charge in [-0.05, 0) is 17.9 Å². The first-order valence-corrected chi connectivity index (χ1v) is 9.13. The topological polar surface area (TPSA) is 20.3 Å². The molecule has 1 aliphatic rings. The molecule has 0 saturated carbocycles. The lowest BCUT2D eigenvalue weighted by molar-refractivity contribution is 0.0768. The first-order chi connectivity index (χ1) is 12.1. The van der Waals surface area contributed by atoms with E-state index in [4.69, 9.17) is 0 Å². The van der Waals surface area contributed by atoms with Crippen molar-refractivity contribution < 1.29 is 4.79 Å². The number of nitrogens with zero attached hydrogens (tertiary/aromatic N) is 1. The highest BCUT2D eigenvalue weighted by Gasteiger charge is 2.44. The summed E-state index contributed by atoms with van der Waals surface area (Å²) in [5.74, 6) is 0.910. The quantitative estimate of drug-likeness (QED) is 0.549. The SMILES string of the molecule is C=C[C@@H]1C[C@H](C(C)C)N(Cc2ccccc2)[C@H]1C(=O)c1ccccc1. The average molecular weight is 333 g/mol. The summed E-state index contributed by atoms with van der Waals surface area (Å²) in [5.41, 5.74) is 2.05. The molecular formula is C23H27NO. The van der Waals surface area contributed by atoms with Crippen molar-refractivity contribution in [2.75, 3.05) is 0 Å². The molecule has 0 spiro atoms. The van der Waals surface area contributed by atoms with Gasteiger partial charge in [-0.2, -0.15) is 0 Å². The molecule has 2 nitrogen and oxygen atoms in total. The molecule has 0 amide bonds. The molecule has 3 rings (SSSR count). The molecule has 1 saturated heterocycles. The first-order valence-electron chi connectivity index (χ1n) is 9.13. The Hall–Kier alpha value is -2.19. The molecule has 0 aliphatic carbocycles. The van der Waals surface area contributed by atoms with Crippen molar-refractivity contribution in [3.05, 3.63) is 84.4 Å². The van der Waals surface area contributed by atoms with E-state index in [0.717, 1.165) is 18.5 Å². The molecule has 0 bridgehead atoms. The molecule has 130 valence electrons. The van der Waals surface area contributed by atoms with E-state index in [-0.39, 0.29) is 17.7 Å². The third-order valence-corrected chi connectivity index (χ3v) is 5.31. The maximum Gasteiger partial charge on any atom is 0.180 e. The van der Waals surface area contributed by atoms with Crippen LogP contribution >= 0.6 is 0 Å². The maximum absolute atomic E-state index is 13.3. The molecule has 0 unspecified atom stereocenters. The van der Waals surface area contributed by atoms with E-state index < -0.39 is 0 Å². The van der Waals surface area contributed by atoms with Crippen LogP contribution in [0.3, 0.4) is 0 Å². The molecule has 25 heavy (non-hydrogen) atoms. The van der Waals surface area contributed by atoms with Gasteiger partial charge in [0.15, 0.2) is 5.78 Å². The molecule has 2 heteroatoms. The Balaban J connectivity index is 1.95. The normalized spacial score (nSPS) is 23.7. The Labute approximate surface area is 151 Å². The summed E-state index contributed by atoms with van der Waals surface area (Å²) in [5, 5.41) is 0. The number of rotatable bonds is 6. The second-order valence-corrected chi connectivity index (χ2v) is 7.28. The van der Waals surface area contributed by atoms with Gasteiger partial charge in [-0.15, -0.1) is 6.58 Å². The highest BCUT2D eigenvalue weighted by atomic mass is 16.1. The zero-order valence-corrected chi connectivity index (χ0v) is 15.1. The van der Waals surface area contributed by atoms with Crippen molar-refractivity contribution in [2.45, 2.75) is 38.9 Å². The minimum absolute atomic E-state index is 0.132. The van der Waals surface area contributed by atoms with Gasteiger partial charge in [0.25, 0.3) is 0 Å². The molecular weight excluding hydrogens is 306 g/mol. The third-order valence-electron chi connectivity index (χ3n) is 5.31. The van der Waals surface area contributed by atoms with Gasteiger partial charge >= 0.3 is 0 Å². The van der Waals surface area contributed by atoms with Crippen LogP contribution in [0.4, 0.5) is 0 Å². The maximum atomic E-state index is 13.3. The van der Waals surface area contributed by atoms with E-state index in [9.17, 15) is 4.79 Å².